The van der Waals surface area contributed by atoms with E-state index in [1.54, 1.807) is 31.2 Å². The van der Waals surface area contributed by atoms with Gasteiger partial charge in [0.05, 0.1) is 28.3 Å². The number of benzene rings is 4. The van der Waals surface area contributed by atoms with Crippen LogP contribution in [0.3, 0.4) is 0 Å². The fraction of sp³-hybridized carbons (Fsp3) is 0.167. The number of aromatic amines is 1. The molecule has 278 valence electrons. The van der Waals surface area contributed by atoms with Gasteiger partial charge in [0.1, 0.15) is 29.1 Å². The van der Waals surface area contributed by atoms with E-state index in [1.165, 1.54) is 30.3 Å². The van der Waals surface area contributed by atoms with Crippen LogP contribution >= 0.6 is 23.2 Å². The van der Waals surface area contributed by atoms with E-state index in [1.807, 2.05) is 13.8 Å². The molecular formula is C36H36Cl2F4N4O6. The van der Waals surface area contributed by atoms with Crippen LogP contribution in [0.25, 0.3) is 22.3 Å². The van der Waals surface area contributed by atoms with Crippen LogP contribution in [0, 0.1) is 30.2 Å². The van der Waals surface area contributed by atoms with Crippen LogP contribution < -0.4 is 17.2 Å². The van der Waals surface area contributed by atoms with Gasteiger partial charge in [0.2, 0.25) is 5.60 Å². The molecule has 5 rings (SSSR count). The third-order valence-corrected chi connectivity index (χ3v) is 7.71. The summed E-state index contributed by atoms with van der Waals surface area (Å²) in [6, 6.07) is 18.1. The zero-order valence-electron chi connectivity index (χ0n) is 28.1. The zero-order chi connectivity index (χ0) is 38.6. The van der Waals surface area contributed by atoms with Gasteiger partial charge in [-0.1, -0.05) is 73.4 Å². The monoisotopic (exact) mass is 766 g/mol. The number of hydrogen-bond donors (Lipinski definition) is 5. The number of aliphatic carboxylic acids is 1. The first-order valence-electron chi connectivity index (χ1n) is 15.0. The highest BCUT2D eigenvalue weighted by atomic mass is 35.5. The summed E-state index contributed by atoms with van der Waals surface area (Å²) in [7, 11) is 0. The SMILES string of the molecule is CC.CC(=O)C(c1ccc(Cl)cc1)C(O)(C(=O)O)c1c(F)cccc1F.Cc1n[nH]c(=O)c(-c2c(F)cccc2F)c1-c1ccc(Cl)cc1.NN.O. The number of hydrogen-bond acceptors (Lipinski definition) is 7. The van der Waals surface area contributed by atoms with E-state index in [2.05, 4.69) is 21.9 Å². The molecule has 0 aliphatic rings. The number of nitrogens with zero attached hydrogens (tertiary/aromatic N) is 1. The summed E-state index contributed by atoms with van der Waals surface area (Å²) in [4.78, 5) is 36.1. The molecule has 0 spiro atoms. The molecule has 2 atom stereocenters. The molecule has 0 amide bonds. The molecule has 1 aromatic heterocycles. The normalized spacial score (nSPS) is 11.8. The number of nitrogens with one attached hydrogen (secondary N) is 1. The van der Waals surface area contributed by atoms with Gasteiger partial charge in [-0.2, -0.15) is 5.10 Å². The van der Waals surface area contributed by atoms with Crippen molar-refractivity contribution in [2.75, 3.05) is 0 Å². The number of rotatable bonds is 7. The van der Waals surface area contributed by atoms with Gasteiger partial charge in [0.25, 0.3) is 5.56 Å². The molecule has 16 heteroatoms. The largest absolute Gasteiger partial charge is 0.479 e. The number of aromatic nitrogens is 2. The van der Waals surface area contributed by atoms with Crippen molar-refractivity contribution in [1.82, 2.24) is 10.2 Å². The average Bonchev–Trinajstić information content (AvgIpc) is 3.09. The van der Waals surface area contributed by atoms with Crippen molar-refractivity contribution in [2.24, 2.45) is 11.7 Å². The molecular weight excluding hydrogens is 731 g/mol. The first-order valence-corrected chi connectivity index (χ1v) is 15.7. The maximum atomic E-state index is 14.2. The fourth-order valence-corrected chi connectivity index (χ4v) is 5.40. The minimum atomic E-state index is -3.12. The van der Waals surface area contributed by atoms with Gasteiger partial charge < -0.3 is 15.7 Å². The number of Topliss-reactive ketones (excluding diaryl/α,β-unsaturated/α-hetero) is 1. The molecule has 0 saturated carbocycles. The van der Waals surface area contributed by atoms with Crippen LogP contribution in [0.4, 0.5) is 17.6 Å². The molecule has 4 aromatic carbocycles. The Morgan fingerprint density at radius 3 is 1.62 bits per heavy atom. The lowest BCUT2D eigenvalue weighted by molar-refractivity contribution is -0.165. The number of nitrogens with two attached hydrogens (primary N) is 2. The summed E-state index contributed by atoms with van der Waals surface area (Å²) in [5, 5.41) is 27.3. The number of carbonyl (C=O) groups is 2. The number of hydrazine groups is 1. The second-order valence-electron chi connectivity index (χ2n) is 10.3. The summed E-state index contributed by atoms with van der Waals surface area (Å²) in [6.07, 6.45) is 0. The number of H-pyrrole nitrogens is 1. The molecule has 0 fully saturated rings. The summed E-state index contributed by atoms with van der Waals surface area (Å²) >= 11 is 11.6. The lowest BCUT2D eigenvalue weighted by atomic mass is 9.75. The lowest BCUT2D eigenvalue weighted by Crippen LogP contribution is -2.46. The number of aryl methyl sites for hydroxylation is 1. The Balaban J connectivity index is 0.000000467. The van der Waals surface area contributed by atoms with Crippen LogP contribution in [0.15, 0.2) is 89.7 Å². The maximum Gasteiger partial charge on any atom is 0.341 e. The van der Waals surface area contributed by atoms with E-state index in [9.17, 15) is 42.2 Å². The number of carbonyl (C=O) groups excluding carboxylic acids is 1. The van der Waals surface area contributed by atoms with E-state index < -0.39 is 57.7 Å². The van der Waals surface area contributed by atoms with Crippen LogP contribution in [0.5, 0.6) is 0 Å². The summed E-state index contributed by atoms with van der Waals surface area (Å²) in [5.41, 5.74) is -3.84. The van der Waals surface area contributed by atoms with Gasteiger partial charge in [0, 0.05) is 15.6 Å². The lowest BCUT2D eigenvalue weighted by Gasteiger charge is -2.32. The minimum absolute atomic E-state index is 0. The highest BCUT2D eigenvalue weighted by Gasteiger charge is 2.52. The van der Waals surface area contributed by atoms with Crippen molar-refractivity contribution in [3.8, 4) is 22.3 Å². The first kappa shape index (κ1) is 45.1. The van der Waals surface area contributed by atoms with Gasteiger partial charge in [0.15, 0.2) is 0 Å². The van der Waals surface area contributed by atoms with Crippen LogP contribution in [-0.4, -0.2) is 37.6 Å². The quantitative estimate of drug-likeness (QED) is 0.0690. The second kappa shape index (κ2) is 20.2. The Hall–Kier alpha value is -4.96. The van der Waals surface area contributed by atoms with Gasteiger partial charge in [-0.15, -0.1) is 0 Å². The Kier molecular flexibility index (Phi) is 17.5. The van der Waals surface area contributed by atoms with Gasteiger partial charge in [-0.3, -0.25) is 21.3 Å². The molecule has 0 aliphatic carbocycles. The molecule has 0 saturated heterocycles. The van der Waals surface area contributed by atoms with E-state index in [4.69, 9.17) is 23.2 Å². The average molecular weight is 768 g/mol. The van der Waals surface area contributed by atoms with Crippen molar-refractivity contribution in [2.45, 2.75) is 39.2 Å². The van der Waals surface area contributed by atoms with Gasteiger partial charge >= 0.3 is 5.97 Å². The third kappa shape index (κ3) is 9.88. The predicted octanol–water partition coefficient (Wildman–Crippen LogP) is 6.63. The van der Waals surface area contributed by atoms with Crippen molar-refractivity contribution in [3.05, 3.63) is 145 Å². The number of ketones is 1. The van der Waals surface area contributed by atoms with Gasteiger partial charge in [-0.05, 0) is 73.5 Å². The summed E-state index contributed by atoms with van der Waals surface area (Å²) in [5.74, 6) is -0.585. The third-order valence-electron chi connectivity index (χ3n) is 7.21. The standard InChI is InChI=1S/C17H11ClF2N2O.C17H13ClF2O4.C2H6.H4N2.H2O/c1-9-14(10-5-7-11(18)8-6-10)16(17(23)22-21-9)15-12(19)3-2-4-13(15)20;1-9(21)14(10-5-7-11(18)8-6-10)17(24,16(22)23)15-12(19)3-2-4-13(15)20;2*1-2;/h2-8H,1H3,(H,22,23);2-8,14,24H,1H3,(H,22,23);1-2H3;1-2H2;1H2. The van der Waals surface area contributed by atoms with Crippen molar-refractivity contribution in [3.63, 3.8) is 0 Å². The van der Waals surface area contributed by atoms with Crippen LogP contribution in [0.1, 0.15) is 43.5 Å². The number of carboxylic acids is 1. The highest BCUT2D eigenvalue weighted by Crippen LogP contribution is 2.41. The van der Waals surface area contributed by atoms with Crippen molar-refractivity contribution >= 4 is 35.0 Å². The first-order chi connectivity index (χ1) is 24.2. The highest BCUT2D eigenvalue weighted by molar-refractivity contribution is 6.30. The summed E-state index contributed by atoms with van der Waals surface area (Å²) in [6.45, 7) is 6.69. The van der Waals surface area contributed by atoms with Crippen LogP contribution in [0.2, 0.25) is 10.0 Å². The molecule has 0 radical (unpaired) electrons. The Morgan fingerprint density at radius 1 is 0.769 bits per heavy atom. The van der Waals surface area contributed by atoms with Crippen molar-refractivity contribution in [1.29, 1.82) is 0 Å². The molecule has 5 aromatic rings. The number of carboxylic acid groups (broad SMARTS) is 1. The zero-order valence-corrected chi connectivity index (χ0v) is 29.7. The Morgan fingerprint density at radius 2 is 1.19 bits per heavy atom. The Labute approximate surface area is 305 Å². The molecule has 10 nitrogen and oxygen atoms in total. The molecule has 9 N–H and O–H groups in total. The second-order valence-corrected chi connectivity index (χ2v) is 11.1. The molecule has 2 unspecified atom stereocenters. The fourth-order valence-electron chi connectivity index (χ4n) is 5.15. The predicted molar refractivity (Wildman–Crippen MR) is 191 cm³/mol. The Bertz CT molecular complexity index is 1990. The molecule has 1 heterocycles. The van der Waals surface area contributed by atoms with E-state index in [0.29, 0.717) is 26.9 Å². The smallest absolute Gasteiger partial charge is 0.341 e. The topological polar surface area (TPSA) is 204 Å². The maximum absolute atomic E-state index is 14.2. The van der Waals surface area contributed by atoms with Crippen LogP contribution in [-0.2, 0) is 15.2 Å². The molecule has 0 aliphatic heterocycles. The van der Waals surface area contributed by atoms with Gasteiger partial charge in [-0.25, -0.2) is 27.5 Å². The minimum Gasteiger partial charge on any atom is -0.479 e. The number of halogens is 6. The summed E-state index contributed by atoms with van der Waals surface area (Å²) < 4.78 is 56.6. The van der Waals surface area contributed by atoms with Crippen molar-refractivity contribution < 1.29 is 42.8 Å². The van der Waals surface area contributed by atoms with E-state index in [0.717, 1.165) is 37.3 Å². The van der Waals surface area contributed by atoms with E-state index >= 15 is 0 Å². The molecule has 52 heavy (non-hydrogen) atoms. The molecule has 0 bridgehead atoms. The number of aliphatic hydroxyl groups is 1. The van der Waals surface area contributed by atoms with E-state index in [-0.39, 0.29) is 22.2 Å².